The van der Waals surface area contributed by atoms with Crippen LogP contribution in [0.4, 0.5) is 5.69 Å². The average Bonchev–Trinajstić information content (AvgIpc) is 3.56. The molecule has 3 amide bonds. The number of unbranched alkanes of at least 4 members (excludes halogenated alkanes) is 3. The minimum atomic E-state index is -1.06. The van der Waals surface area contributed by atoms with Gasteiger partial charge in [0.05, 0.1) is 44.6 Å². The molecular weight excluding hydrogens is 757 g/mol. The number of ether oxygens (including phenoxy) is 4. The maximum Gasteiger partial charge on any atom is 0.323 e. The van der Waals surface area contributed by atoms with Crippen molar-refractivity contribution in [3.63, 3.8) is 0 Å². The van der Waals surface area contributed by atoms with E-state index in [9.17, 15) is 29.4 Å². The van der Waals surface area contributed by atoms with E-state index in [1.807, 2.05) is 0 Å². The zero-order valence-corrected chi connectivity index (χ0v) is 36.2. The topological polar surface area (TPSA) is 222 Å². The van der Waals surface area contributed by atoms with Gasteiger partial charge >= 0.3 is 5.97 Å². The molecule has 14 nitrogen and oxygen atoms in total. The molecule has 4 saturated carbocycles. The maximum atomic E-state index is 13.0. The van der Waals surface area contributed by atoms with E-state index in [0.29, 0.717) is 29.6 Å². The number of carbonyl (C=O) groups is 4. The molecule has 14 heteroatoms. The molecule has 0 saturated heterocycles. The highest BCUT2D eigenvalue weighted by Crippen LogP contribution is 2.69. The van der Waals surface area contributed by atoms with Gasteiger partial charge in [0, 0.05) is 6.54 Å². The molecule has 59 heavy (non-hydrogen) atoms. The van der Waals surface area contributed by atoms with Crippen molar-refractivity contribution in [2.45, 2.75) is 142 Å². The third-order valence-corrected chi connectivity index (χ3v) is 14.9. The number of aromatic hydroxyl groups is 1. The Morgan fingerprint density at radius 1 is 0.932 bits per heavy atom. The Morgan fingerprint density at radius 2 is 1.66 bits per heavy atom. The van der Waals surface area contributed by atoms with Crippen molar-refractivity contribution in [1.29, 1.82) is 0 Å². The number of rotatable bonds is 21. The maximum absolute atomic E-state index is 13.0. The third kappa shape index (κ3) is 10.9. The fourth-order valence-electron chi connectivity index (χ4n) is 12.0. The molecule has 0 bridgehead atoms. The van der Waals surface area contributed by atoms with E-state index in [0.717, 1.165) is 44.9 Å². The number of anilines is 1. The van der Waals surface area contributed by atoms with E-state index in [4.69, 9.17) is 30.4 Å². The van der Waals surface area contributed by atoms with Gasteiger partial charge in [-0.2, -0.15) is 0 Å². The van der Waals surface area contributed by atoms with Crippen LogP contribution >= 0.6 is 0 Å². The number of nitrogens with one attached hydrogen (secondary N) is 2. The number of phenols is 1. The smallest absolute Gasteiger partial charge is 0.323 e. The standard InChI is InChI=1S/C45H72N4O10/c1-6-7-8-9-18-45(4,55)36-15-12-31-30-11-10-28-25-29(16-19-43(28,2)32(30)17-20-44(31,36)3)59-42(54)33(46)26-37(50)48-21-22-57-23-24-58-27-38(51)49-34-13-14-35(56-5)39(40(34)52)41(47)53/h13-14,28-33,36,52,55H,6-12,15-27,46H2,1-5H3,(H2,47,53)(H,48,50)(H,49,51). The summed E-state index contributed by atoms with van der Waals surface area (Å²) in [7, 11) is 1.32. The van der Waals surface area contributed by atoms with Crippen molar-refractivity contribution in [1.82, 2.24) is 5.32 Å². The van der Waals surface area contributed by atoms with Gasteiger partial charge in [-0.3, -0.25) is 19.2 Å². The lowest BCUT2D eigenvalue weighted by Gasteiger charge is -2.61. The largest absolute Gasteiger partial charge is 0.505 e. The summed E-state index contributed by atoms with van der Waals surface area (Å²) in [5.74, 6) is 0.0772. The van der Waals surface area contributed by atoms with Gasteiger partial charge in [-0.15, -0.1) is 0 Å². The van der Waals surface area contributed by atoms with Crippen LogP contribution in [0.2, 0.25) is 0 Å². The highest BCUT2D eigenvalue weighted by atomic mass is 16.5. The van der Waals surface area contributed by atoms with Gasteiger partial charge in [-0.25, -0.2) is 0 Å². The molecule has 8 N–H and O–H groups in total. The van der Waals surface area contributed by atoms with Crippen molar-refractivity contribution in [2.24, 2.45) is 51.9 Å². The Hall–Kier alpha value is -3.46. The summed E-state index contributed by atoms with van der Waals surface area (Å²) in [5.41, 5.74) is 11.0. The first-order valence-electron chi connectivity index (χ1n) is 22.2. The molecule has 0 heterocycles. The monoisotopic (exact) mass is 829 g/mol. The molecule has 0 radical (unpaired) electrons. The van der Waals surface area contributed by atoms with Gasteiger partial charge in [-0.1, -0.05) is 46.5 Å². The summed E-state index contributed by atoms with van der Waals surface area (Å²) in [4.78, 5) is 49.5. The van der Waals surface area contributed by atoms with Crippen molar-refractivity contribution < 1.29 is 48.3 Å². The molecule has 0 aliphatic heterocycles. The molecule has 332 valence electrons. The summed E-state index contributed by atoms with van der Waals surface area (Å²) >= 11 is 0. The van der Waals surface area contributed by atoms with Gasteiger partial charge in [0.15, 0.2) is 5.75 Å². The lowest BCUT2D eigenvalue weighted by atomic mass is 9.44. The summed E-state index contributed by atoms with van der Waals surface area (Å²) in [5, 5.41) is 27.3. The van der Waals surface area contributed by atoms with E-state index in [2.05, 4.69) is 38.3 Å². The third-order valence-electron chi connectivity index (χ3n) is 14.9. The van der Waals surface area contributed by atoms with E-state index in [-0.39, 0.29) is 79.2 Å². The Bertz CT molecular complexity index is 1620. The fraction of sp³-hybridized carbons (Fsp3) is 0.778. The van der Waals surface area contributed by atoms with Gasteiger partial charge < -0.3 is 51.3 Å². The van der Waals surface area contributed by atoms with Crippen LogP contribution in [-0.4, -0.2) is 91.7 Å². The molecule has 10 unspecified atom stereocenters. The van der Waals surface area contributed by atoms with Crippen molar-refractivity contribution in [3.8, 4) is 11.5 Å². The molecule has 4 fully saturated rings. The van der Waals surface area contributed by atoms with E-state index >= 15 is 0 Å². The lowest BCUT2D eigenvalue weighted by molar-refractivity contribution is -0.167. The Labute approximate surface area is 350 Å². The van der Waals surface area contributed by atoms with E-state index < -0.39 is 35.2 Å². The van der Waals surface area contributed by atoms with Crippen LogP contribution in [0.1, 0.15) is 134 Å². The zero-order chi connectivity index (χ0) is 43.0. The molecule has 0 aromatic heterocycles. The number of primary amides is 1. The summed E-state index contributed by atoms with van der Waals surface area (Å²) < 4.78 is 21.7. The first-order chi connectivity index (χ1) is 28.0. The first-order valence-corrected chi connectivity index (χ1v) is 22.2. The predicted molar refractivity (Wildman–Crippen MR) is 224 cm³/mol. The molecule has 4 aliphatic rings. The normalized spacial score (nSPS) is 30.2. The van der Waals surface area contributed by atoms with Gasteiger partial charge in [0.1, 0.15) is 30.1 Å². The van der Waals surface area contributed by atoms with Crippen LogP contribution in [-0.2, 0) is 28.6 Å². The zero-order valence-electron chi connectivity index (χ0n) is 36.2. The second kappa shape index (κ2) is 20.4. The average molecular weight is 829 g/mol. The van der Waals surface area contributed by atoms with E-state index in [1.165, 1.54) is 64.2 Å². The van der Waals surface area contributed by atoms with Crippen LogP contribution < -0.4 is 26.8 Å². The Balaban J connectivity index is 0.962. The number of fused-ring (bicyclic) bond motifs is 5. The quantitative estimate of drug-likeness (QED) is 0.0509. The number of esters is 1. The van der Waals surface area contributed by atoms with Gasteiger partial charge in [0.25, 0.3) is 5.91 Å². The number of benzene rings is 1. The van der Waals surface area contributed by atoms with Crippen LogP contribution in [0.5, 0.6) is 11.5 Å². The van der Waals surface area contributed by atoms with Crippen molar-refractivity contribution in [3.05, 3.63) is 17.7 Å². The number of hydrogen-bond acceptors (Lipinski definition) is 11. The molecule has 5 rings (SSSR count). The molecule has 4 aliphatic carbocycles. The molecule has 0 spiro atoms. The van der Waals surface area contributed by atoms with Gasteiger partial charge in [0.2, 0.25) is 11.8 Å². The van der Waals surface area contributed by atoms with Crippen LogP contribution in [0.25, 0.3) is 0 Å². The number of aliphatic hydroxyl groups is 1. The van der Waals surface area contributed by atoms with Crippen molar-refractivity contribution >= 4 is 29.4 Å². The number of methoxy groups -OCH3 is 1. The van der Waals surface area contributed by atoms with E-state index in [1.54, 1.807) is 0 Å². The summed E-state index contributed by atoms with van der Waals surface area (Å²) in [6, 6.07) is 1.72. The lowest BCUT2D eigenvalue weighted by Crippen LogP contribution is -2.55. The Morgan fingerprint density at radius 3 is 2.39 bits per heavy atom. The Kier molecular flexibility index (Phi) is 16.1. The summed E-state index contributed by atoms with van der Waals surface area (Å²) in [6.45, 7) is 9.65. The SMILES string of the molecule is CCCCCCC(C)(O)C1CCC2C3CCC4CC(OC(=O)C(N)CC(=O)NCCOCCOCC(=O)Nc5ccc(OC)c(C(N)=O)c5O)CCC4(C)C3CCC21C. The molecule has 10 atom stereocenters. The van der Waals surface area contributed by atoms with Crippen LogP contribution in [0, 0.1) is 40.4 Å². The minimum Gasteiger partial charge on any atom is -0.505 e. The molecule has 1 aromatic rings. The number of amides is 3. The van der Waals surface area contributed by atoms with Crippen molar-refractivity contribution in [2.75, 3.05) is 45.4 Å². The second-order valence-electron chi connectivity index (χ2n) is 18.6. The van der Waals surface area contributed by atoms with Gasteiger partial charge in [-0.05, 0) is 124 Å². The number of carbonyl (C=O) groups excluding carboxylic acids is 4. The van der Waals surface area contributed by atoms with Crippen LogP contribution in [0.3, 0.4) is 0 Å². The minimum absolute atomic E-state index is 0.0165. The highest BCUT2D eigenvalue weighted by Gasteiger charge is 2.62. The fourth-order valence-corrected chi connectivity index (χ4v) is 12.0. The number of nitrogens with two attached hydrogens (primary N) is 2. The molecular formula is C45H72N4O10. The first kappa shape index (κ1) is 46.6. The summed E-state index contributed by atoms with van der Waals surface area (Å²) in [6.07, 6.45) is 15.1. The van der Waals surface area contributed by atoms with Crippen LogP contribution in [0.15, 0.2) is 12.1 Å². The molecule has 1 aromatic carbocycles. The number of hydrogen-bond donors (Lipinski definition) is 6. The predicted octanol–water partition coefficient (Wildman–Crippen LogP) is 5.60. The highest BCUT2D eigenvalue weighted by molar-refractivity contribution is 6.02. The second-order valence-corrected chi connectivity index (χ2v) is 18.6.